The summed E-state index contributed by atoms with van der Waals surface area (Å²) in [6.07, 6.45) is 0.847. The van der Waals surface area contributed by atoms with Gasteiger partial charge >= 0.3 is 6.03 Å². The van der Waals surface area contributed by atoms with Gasteiger partial charge in [0.2, 0.25) is 5.82 Å². The van der Waals surface area contributed by atoms with Gasteiger partial charge in [0.25, 0.3) is 5.89 Å². The molecule has 0 saturated heterocycles. The van der Waals surface area contributed by atoms with Crippen molar-refractivity contribution in [3.63, 3.8) is 0 Å². The molecule has 1 aromatic heterocycles. The molecule has 4 rings (SSSR count). The predicted octanol–water partition coefficient (Wildman–Crippen LogP) is 5.43. The molecule has 0 bridgehead atoms. The van der Waals surface area contributed by atoms with Gasteiger partial charge in [-0.05, 0) is 49.1 Å². The third kappa shape index (κ3) is 4.74. The molecule has 2 amide bonds. The molecule has 2 heterocycles. The highest BCUT2D eigenvalue weighted by Gasteiger charge is 2.35. The summed E-state index contributed by atoms with van der Waals surface area (Å²) >= 11 is 0. The SMILES string of the molecule is COc1cccc(C2NC(=O)N(CCC(C)C)C(C)=C2c2nc(-c3cccc(F)c3)no2)c1. The Morgan fingerprint density at radius 3 is 2.73 bits per heavy atom. The fourth-order valence-corrected chi connectivity index (χ4v) is 3.86. The molecule has 1 atom stereocenters. The maximum Gasteiger partial charge on any atom is 0.322 e. The number of halogens is 1. The molecule has 7 nitrogen and oxygen atoms in total. The zero-order valence-corrected chi connectivity index (χ0v) is 19.1. The molecule has 3 aromatic rings. The maximum absolute atomic E-state index is 13.7. The molecule has 0 radical (unpaired) electrons. The molecule has 0 fully saturated rings. The largest absolute Gasteiger partial charge is 0.497 e. The fraction of sp³-hybridized carbons (Fsp3) is 0.320. The summed E-state index contributed by atoms with van der Waals surface area (Å²) in [7, 11) is 1.59. The van der Waals surface area contributed by atoms with Crippen LogP contribution < -0.4 is 10.1 Å². The third-order valence-electron chi connectivity index (χ3n) is 5.69. The summed E-state index contributed by atoms with van der Waals surface area (Å²) in [6.45, 7) is 6.68. The Kier molecular flexibility index (Phi) is 6.44. The van der Waals surface area contributed by atoms with E-state index in [4.69, 9.17) is 9.26 Å². The van der Waals surface area contributed by atoms with E-state index in [1.54, 1.807) is 24.1 Å². The van der Waals surface area contributed by atoms with E-state index in [0.29, 0.717) is 29.3 Å². The number of methoxy groups -OCH3 is 1. The Balaban J connectivity index is 1.80. The smallest absolute Gasteiger partial charge is 0.322 e. The monoisotopic (exact) mass is 450 g/mol. The van der Waals surface area contributed by atoms with Gasteiger partial charge in [0.05, 0.1) is 18.7 Å². The zero-order chi connectivity index (χ0) is 23.5. The topological polar surface area (TPSA) is 80.5 Å². The van der Waals surface area contributed by atoms with Crippen molar-refractivity contribution in [2.24, 2.45) is 5.92 Å². The van der Waals surface area contributed by atoms with Gasteiger partial charge in [0, 0.05) is 17.8 Å². The van der Waals surface area contributed by atoms with Gasteiger partial charge in [0.15, 0.2) is 0 Å². The minimum Gasteiger partial charge on any atom is -0.497 e. The van der Waals surface area contributed by atoms with Crippen LogP contribution in [0.25, 0.3) is 17.0 Å². The molecule has 33 heavy (non-hydrogen) atoms. The normalized spacial score (nSPS) is 16.4. The molecule has 8 heteroatoms. The number of benzene rings is 2. The second-order valence-electron chi connectivity index (χ2n) is 8.43. The second kappa shape index (κ2) is 9.44. The van der Waals surface area contributed by atoms with E-state index in [9.17, 15) is 9.18 Å². The van der Waals surface area contributed by atoms with Crippen molar-refractivity contribution in [3.8, 4) is 17.1 Å². The molecule has 2 aromatic carbocycles. The quantitative estimate of drug-likeness (QED) is 0.519. The molecular weight excluding hydrogens is 423 g/mol. The number of hydrogen-bond donors (Lipinski definition) is 1. The molecule has 172 valence electrons. The molecular formula is C25H27FN4O3. The van der Waals surface area contributed by atoms with Crippen molar-refractivity contribution in [3.05, 3.63) is 71.5 Å². The number of amides is 2. The van der Waals surface area contributed by atoms with Crippen molar-refractivity contribution in [1.29, 1.82) is 0 Å². The fourth-order valence-electron chi connectivity index (χ4n) is 3.86. The first-order valence-corrected chi connectivity index (χ1v) is 10.9. The van der Waals surface area contributed by atoms with Crippen molar-refractivity contribution in [1.82, 2.24) is 20.4 Å². The third-order valence-corrected chi connectivity index (χ3v) is 5.69. The van der Waals surface area contributed by atoms with Crippen molar-refractivity contribution < 1.29 is 18.4 Å². The number of allylic oxidation sites excluding steroid dienone is 1. The summed E-state index contributed by atoms with van der Waals surface area (Å²) in [6, 6.07) is 12.8. The first-order valence-electron chi connectivity index (χ1n) is 10.9. The van der Waals surface area contributed by atoms with Crippen LogP contribution in [0, 0.1) is 11.7 Å². The lowest BCUT2D eigenvalue weighted by atomic mass is 9.94. The molecule has 1 aliphatic heterocycles. The first-order chi connectivity index (χ1) is 15.9. The summed E-state index contributed by atoms with van der Waals surface area (Å²) in [4.78, 5) is 19.3. The molecule has 0 saturated carbocycles. The van der Waals surface area contributed by atoms with Crippen LogP contribution in [0.1, 0.15) is 44.7 Å². The number of carbonyl (C=O) groups excluding carboxylic acids is 1. The number of urea groups is 1. The van der Waals surface area contributed by atoms with E-state index in [1.807, 2.05) is 31.2 Å². The number of hydrogen-bond acceptors (Lipinski definition) is 5. The van der Waals surface area contributed by atoms with E-state index < -0.39 is 6.04 Å². The molecule has 0 spiro atoms. The van der Waals surface area contributed by atoms with E-state index in [2.05, 4.69) is 29.3 Å². The maximum atomic E-state index is 13.7. The van der Waals surface area contributed by atoms with E-state index >= 15 is 0 Å². The van der Waals surface area contributed by atoms with Gasteiger partial charge < -0.3 is 14.6 Å². The van der Waals surface area contributed by atoms with Crippen LogP contribution in [0.3, 0.4) is 0 Å². The highest BCUT2D eigenvalue weighted by Crippen LogP contribution is 2.38. The number of nitrogens with zero attached hydrogens (tertiary/aromatic N) is 3. The number of ether oxygens (including phenoxy) is 1. The average Bonchev–Trinajstić information content (AvgIpc) is 3.28. The Morgan fingerprint density at radius 1 is 1.21 bits per heavy atom. The lowest BCUT2D eigenvalue weighted by Gasteiger charge is -2.35. The van der Waals surface area contributed by atoms with Crippen LogP contribution in [0.4, 0.5) is 9.18 Å². The van der Waals surface area contributed by atoms with Crippen LogP contribution >= 0.6 is 0 Å². The number of aromatic nitrogens is 2. The predicted molar refractivity (Wildman–Crippen MR) is 123 cm³/mol. The lowest BCUT2D eigenvalue weighted by molar-refractivity contribution is 0.202. The Morgan fingerprint density at radius 2 is 2.00 bits per heavy atom. The van der Waals surface area contributed by atoms with Crippen LogP contribution in [-0.4, -0.2) is 34.7 Å². The van der Waals surface area contributed by atoms with Gasteiger partial charge in [-0.15, -0.1) is 0 Å². The Bertz CT molecular complexity index is 1190. The molecule has 1 N–H and O–H groups in total. The highest BCUT2D eigenvalue weighted by molar-refractivity contribution is 5.87. The summed E-state index contributed by atoms with van der Waals surface area (Å²) in [5.74, 6) is 1.28. The number of nitrogens with one attached hydrogen (secondary N) is 1. The van der Waals surface area contributed by atoms with Gasteiger partial charge in [-0.2, -0.15) is 4.98 Å². The minimum absolute atomic E-state index is 0.186. The van der Waals surface area contributed by atoms with Crippen LogP contribution in [0.5, 0.6) is 5.75 Å². The number of carbonyl (C=O) groups is 1. The average molecular weight is 451 g/mol. The Hall–Kier alpha value is -3.68. The van der Waals surface area contributed by atoms with Crippen LogP contribution in [0.15, 0.2) is 58.8 Å². The van der Waals surface area contributed by atoms with Gasteiger partial charge in [-0.3, -0.25) is 4.90 Å². The van der Waals surface area contributed by atoms with Gasteiger partial charge in [-0.1, -0.05) is 43.3 Å². The Labute approximate surface area is 192 Å². The summed E-state index contributed by atoms with van der Waals surface area (Å²) < 4.78 is 24.7. The van der Waals surface area contributed by atoms with Crippen molar-refractivity contribution >= 4 is 11.6 Å². The van der Waals surface area contributed by atoms with Crippen molar-refractivity contribution in [2.45, 2.75) is 33.2 Å². The van der Waals surface area contributed by atoms with Crippen molar-refractivity contribution in [2.75, 3.05) is 13.7 Å². The molecule has 1 unspecified atom stereocenters. The molecule has 0 aliphatic carbocycles. The van der Waals surface area contributed by atoms with Crippen LogP contribution in [-0.2, 0) is 0 Å². The standard InChI is InChI=1S/C25H27FN4O3/c1-15(2)11-12-30-16(3)21(22(27-25(30)31)17-7-6-10-20(14-17)32-4)24-28-23(29-33-24)18-8-5-9-19(26)13-18/h5-10,13-15,22H,11-12H2,1-4H3,(H,27,31). The van der Waals surface area contributed by atoms with E-state index in [0.717, 1.165) is 17.7 Å². The van der Waals surface area contributed by atoms with Gasteiger partial charge in [0.1, 0.15) is 11.6 Å². The number of rotatable bonds is 7. The summed E-state index contributed by atoms with van der Waals surface area (Å²) in [5, 5.41) is 7.16. The van der Waals surface area contributed by atoms with E-state index in [-0.39, 0.29) is 23.6 Å². The second-order valence-corrected chi connectivity index (χ2v) is 8.43. The molecule has 1 aliphatic rings. The zero-order valence-electron chi connectivity index (χ0n) is 19.1. The summed E-state index contributed by atoms with van der Waals surface area (Å²) in [5.41, 5.74) is 2.77. The van der Waals surface area contributed by atoms with E-state index in [1.165, 1.54) is 12.1 Å². The first kappa shape index (κ1) is 22.5. The minimum atomic E-state index is -0.510. The lowest BCUT2D eigenvalue weighted by Crippen LogP contribution is -2.46. The highest BCUT2D eigenvalue weighted by atomic mass is 19.1. The van der Waals surface area contributed by atoms with Gasteiger partial charge in [-0.25, -0.2) is 9.18 Å². The van der Waals surface area contributed by atoms with Crippen LogP contribution in [0.2, 0.25) is 0 Å².